The van der Waals surface area contributed by atoms with Crippen LogP contribution in [0.5, 0.6) is 0 Å². The second kappa shape index (κ2) is 11.5. The standard InChI is InChI=1S/C28H32N4O5/c1-19-25(28(34)37-3)26(22-9-11-24(12-10-22)32(35)36)27(20(2)29-19)31(18-33)15-6-14-30-16-13-21-7-4-5-8-23(21)17-30/h4-5,7-12,18,25-26H,6,13-17H2,1-3H3. The number of carbonyl (C=O) groups excluding carboxylic acids is 2. The molecule has 9 heteroatoms. The Bertz CT molecular complexity index is 1240. The van der Waals surface area contributed by atoms with Crippen molar-refractivity contribution in [3.8, 4) is 0 Å². The van der Waals surface area contributed by atoms with Gasteiger partial charge in [-0.15, -0.1) is 0 Å². The number of aliphatic imine (C=N–C) groups is 1. The Kier molecular flexibility index (Phi) is 8.13. The van der Waals surface area contributed by atoms with Crippen molar-refractivity contribution in [1.29, 1.82) is 0 Å². The number of fused-ring (bicyclic) bond motifs is 1. The van der Waals surface area contributed by atoms with Crippen LogP contribution in [-0.4, -0.2) is 59.6 Å². The van der Waals surface area contributed by atoms with Gasteiger partial charge in [0, 0.05) is 49.9 Å². The normalized spacial score (nSPS) is 19.6. The fourth-order valence-electron chi connectivity index (χ4n) is 5.43. The lowest BCUT2D eigenvalue weighted by molar-refractivity contribution is -0.384. The van der Waals surface area contributed by atoms with Crippen LogP contribution >= 0.6 is 0 Å². The number of amides is 1. The van der Waals surface area contributed by atoms with E-state index in [4.69, 9.17) is 4.74 Å². The fraction of sp³-hybridized carbons (Fsp3) is 0.393. The number of allylic oxidation sites excluding steroid dienone is 2. The Morgan fingerprint density at radius 2 is 1.89 bits per heavy atom. The molecule has 2 aromatic rings. The van der Waals surface area contributed by atoms with Crippen LogP contribution < -0.4 is 0 Å². The summed E-state index contributed by atoms with van der Waals surface area (Å²) in [5, 5.41) is 11.2. The number of methoxy groups -OCH3 is 1. The Balaban J connectivity index is 1.57. The number of nitrogens with zero attached hydrogens (tertiary/aromatic N) is 4. The molecule has 0 saturated heterocycles. The van der Waals surface area contributed by atoms with Crippen LogP contribution in [0.4, 0.5) is 5.69 Å². The maximum Gasteiger partial charge on any atom is 0.315 e. The first-order chi connectivity index (χ1) is 17.8. The number of carbonyl (C=O) groups is 2. The highest BCUT2D eigenvalue weighted by atomic mass is 16.6. The van der Waals surface area contributed by atoms with Crippen molar-refractivity contribution in [2.45, 2.75) is 39.2 Å². The molecule has 0 aromatic heterocycles. The predicted octanol–water partition coefficient (Wildman–Crippen LogP) is 4.08. The van der Waals surface area contributed by atoms with Crippen LogP contribution in [0.3, 0.4) is 0 Å². The molecule has 0 radical (unpaired) electrons. The molecular weight excluding hydrogens is 472 g/mol. The van der Waals surface area contributed by atoms with Crippen molar-refractivity contribution in [3.05, 3.63) is 86.7 Å². The van der Waals surface area contributed by atoms with Crippen LogP contribution in [0.1, 0.15) is 42.9 Å². The molecule has 9 nitrogen and oxygen atoms in total. The van der Waals surface area contributed by atoms with Crippen LogP contribution in [0.25, 0.3) is 0 Å². The van der Waals surface area contributed by atoms with Gasteiger partial charge in [0.2, 0.25) is 6.41 Å². The van der Waals surface area contributed by atoms with Crippen molar-refractivity contribution in [2.24, 2.45) is 10.9 Å². The average Bonchev–Trinajstić information content (AvgIpc) is 2.90. The topological polar surface area (TPSA) is 105 Å². The first-order valence-corrected chi connectivity index (χ1v) is 12.4. The summed E-state index contributed by atoms with van der Waals surface area (Å²) in [7, 11) is 1.32. The van der Waals surface area contributed by atoms with Gasteiger partial charge in [0.25, 0.3) is 5.69 Å². The van der Waals surface area contributed by atoms with Crippen LogP contribution in [0, 0.1) is 16.0 Å². The van der Waals surface area contributed by atoms with Gasteiger partial charge in [-0.3, -0.25) is 29.6 Å². The molecule has 2 unspecified atom stereocenters. The number of nitro benzene ring substituents is 1. The first kappa shape index (κ1) is 26.2. The van der Waals surface area contributed by atoms with Crippen molar-refractivity contribution in [2.75, 3.05) is 26.7 Å². The molecule has 4 rings (SSSR count). The minimum Gasteiger partial charge on any atom is -0.468 e. The summed E-state index contributed by atoms with van der Waals surface area (Å²) >= 11 is 0. The SMILES string of the molecule is COC(=O)C1C(C)=NC(C)=C(N(C=O)CCCN2CCc3ccccc3C2)C1c1ccc([N+](=O)[O-])cc1. The van der Waals surface area contributed by atoms with Gasteiger partial charge in [0.1, 0.15) is 5.92 Å². The van der Waals surface area contributed by atoms with E-state index in [0.717, 1.165) is 38.9 Å². The summed E-state index contributed by atoms with van der Waals surface area (Å²) in [6.07, 6.45) is 2.54. The summed E-state index contributed by atoms with van der Waals surface area (Å²) < 4.78 is 5.10. The number of hydrogen-bond donors (Lipinski definition) is 0. The summed E-state index contributed by atoms with van der Waals surface area (Å²) in [6, 6.07) is 14.6. The van der Waals surface area contributed by atoms with Gasteiger partial charge in [-0.25, -0.2) is 0 Å². The number of esters is 1. The summed E-state index contributed by atoms with van der Waals surface area (Å²) in [5.41, 5.74) is 5.21. The van der Waals surface area contributed by atoms with Gasteiger partial charge in [0.05, 0.1) is 23.4 Å². The minimum absolute atomic E-state index is 0.0443. The molecule has 194 valence electrons. The van der Waals surface area contributed by atoms with E-state index in [-0.39, 0.29) is 5.69 Å². The summed E-state index contributed by atoms with van der Waals surface area (Å²) in [5.74, 6) is -1.77. The molecule has 2 aromatic carbocycles. The monoisotopic (exact) mass is 504 g/mol. The second-order valence-electron chi connectivity index (χ2n) is 9.50. The second-order valence-corrected chi connectivity index (χ2v) is 9.50. The zero-order chi connectivity index (χ0) is 26.5. The third-order valence-electron chi connectivity index (χ3n) is 7.23. The van der Waals surface area contributed by atoms with Crippen molar-refractivity contribution in [3.63, 3.8) is 0 Å². The van der Waals surface area contributed by atoms with Crippen molar-refractivity contribution < 1.29 is 19.2 Å². The molecule has 37 heavy (non-hydrogen) atoms. The molecule has 2 aliphatic rings. The van der Waals surface area contributed by atoms with E-state index in [1.165, 1.54) is 30.4 Å². The third-order valence-corrected chi connectivity index (χ3v) is 7.23. The molecule has 0 fully saturated rings. The van der Waals surface area contributed by atoms with Gasteiger partial charge < -0.3 is 9.64 Å². The van der Waals surface area contributed by atoms with Gasteiger partial charge in [0.15, 0.2) is 0 Å². The minimum atomic E-state index is -0.744. The number of rotatable bonds is 9. The Morgan fingerprint density at radius 1 is 1.19 bits per heavy atom. The van der Waals surface area contributed by atoms with Crippen LogP contribution in [-0.2, 0) is 27.3 Å². The molecule has 2 atom stereocenters. The van der Waals surface area contributed by atoms with Crippen molar-refractivity contribution >= 4 is 23.8 Å². The molecule has 0 spiro atoms. The van der Waals surface area contributed by atoms with Gasteiger partial charge >= 0.3 is 5.97 Å². The number of hydrogen-bond acceptors (Lipinski definition) is 7. The molecule has 1 amide bonds. The van der Waals surface area contributed by atoms with Gasteiger partial charge in [-0.1, -0.05) is 36.4 Å². The summed E-state index contributed by atoms with van der Waals surface area (Å²) in [4.78, 5) is 44.6. The van der Waals surface area contributed by atoms with E-state index >= 15 is 0 Å². The van der Waals surface area contributed by atoms with Gasteiger partial charge in [-0.2, -0.15) is 0 Å². The predicted molar refractivity (Wildman–Crippen MR) is 140 cm³/mol. The Morgan fingerprint density at radius 3 is 2.54 bits per heavy atom. The Hall–Kier alpha value is -3.85. The smallest absolute Gasteiger partial charge is 0.315 e. The molecule has 2 heterocycles. The molecular formula is C28H32N4O5. The molecule has 0 saturated carbocycles. The number of nitro groups is 1. The van der Waals surface area contributed by atoms with E-state index in [1.54, 1.807) is 24.0 Å². The van der Waals surface area contributed by atoms with Crippen molar-refractivity contribution in [1.82, 2.24) is 9.80 Å². The lowest BCUT2D eigenvalue weighted by Crippen LogP contribution is -2.40. The average molecular weight is 505 g/mol. The highest BCUT2D eigenvalue weighted by molar-refractivity contribution is 6.03. The van der Waals surface area contributed by atoms with E-state index in [1.807, 2.05) is 6.92 Å². The quantitative estimate of drug-likeness (QED) is 0.221. The number of benzene rings is 2. The van der Waals surface area contributed by atoms with Crippen LogP contribution in [0.2, 0.25) is 0 Å². The highest BCUT2D eigenvalue weighted by Gasteiger charge is 2.41. The zero-order valence-electron chi connectivity index (χ0n) is 21.4. The van der Waals surface area contributed by atoms with Gasteiger partial charge in [-0.05, 0) is 43.4 Å². The lowest BCUT2D eigenvalue weighted by Gasteiger charge is -2.37. The van der Waals surface area contributed by atoms with E-state index < -0.39 is 22.7 Å². The maximum atomic E-state index is 12.9. The Labute approximate surface area is 216 Å². The lowest BCUT2D eigenvalue weighted by atomic mass is 9.78. The maximum absolute atomic E-state index is 12.9. The first-order valence-electron chi connectivity index (χ1n) is 12.4. The molecule has 0 bridgehead atoms. The fourth-order valence-corrected chi connectivity index (χ4v) is 5.43. The zero-order valence-corrected chi connectivity index (χ0v) is 21.4. The van der Waals surface area contributed by atoms with E-state index in [9.17, 15) is 19.7 Å². The van der Waals surface area contributed by atoms with Crippen LogP contribution in [0.15, 0.2) is 64.9 Å². The number of ether oxygens (including phenoxy) is 1. The molecule has 0 N–H and O–H groups in total. The number of non-ortho nitro benzene ring substituents is 1. The summed E-state index contributed by atoms with van der Waals surface area (Å²) in [6.45, 7) is 6.73. The largest absolute Gasteiger partial charge is 0.468 e. The molecule has 0 aliphatic carbocycles. The third kappa shape index (κ3) is 5.61. The molecule has 2 aliphatic heterocycles. The highest BCUT2D eigenvalue weighted by Crippen LogP contribution is 2.41. The van der Waals surface area contributed by atoms with E-state index in [2.05, 4.69) is 34.2 Å². The van der Waals surface area contributed by atoms with E-state index in [0.29, 0.717) is 29.2 Å².